The van der Waals surface area contributed by atoms with Crippen LogP contribution in [0.25, 0.3) is 0 Å². The van der Waals surface area contributed by atoms with Gasteiger partial charge in [0.1, 0.15) is 5.69 Å². The lowest BCUT2D eigenvalue weighted by molar-refractivity contribution is 0.0127. The SMILES string of the molecule is CC(F)(F)c1ccc(CC(CO)NC(=O)O)cn1. The largest absolute Gasteiger partial charge is 0.465 e. The second-order valence-corrected chi connectivity index (χ2v) is 3.97. The molecule has 7 heteroatoms. The van der Waals surface area contributed by atoms with Crippen LogP contribution in [0.5, 0.6) is 0 Å². The highest BCUT2D eigenvalue weighted by Gasteiger charge is 2.25. The first-order valence-electron chi connectivity index (χ1n) is 5.26. The van der Waals surface area contributed by atoms with E-state index in [1.807, 2.05) is 0 Å². The molecular weight excluding hydrogens is 246 g/mol. The van der Waals surface area contributed by atoms with Gasteiger partial charge in [0, 0.05) is 13.1 Å². The van der Waals surface area contributed by atoms with Crippen LogP contribution in [0, 0.1) is 0 Å². The molecule has 0 fully saturated rings. The molecule has 5 nitrogen and oxygen atoms in total. The lowest BCUT2D eigenvalue weighted by Gasteiger charge is -2.14. The number of aliphatic hydroxyl groups excluding tert-OH is 1. The van der Waals surface area contributed by atoms with Crippen molar-refractivity contribution in [1.82, 2.24) is 10.3 Å². The molecule has 0 bridgehead atoms. The molecule has 0 aliphatic carbocycles. The number of rotatable bonds is 5. The second kappa shape index (κ2) is 5.72. The number of hydrogen-bond donors (Lipinski definition) is 3. The summed E-state index contributed by atoms with van der Waals surface area (Å²) in [5.41, 5.74) is 0.216. The zero-order chi connectivity index (χ0) is 13.8. The summed E-state index contributed by atoms with van der Waals surface area (Å²) in [4.78, 5) is 14.0. The van der Waals surface area contributed by atoms with Crippen LogP contribution in [-0.2, 0) is 12.3 Å². The van der Waals surface area contributed by atoms with Crippen LogP contribution in [0.2, 0.25) is 0 Å². The lowest BCUT2D eigenvalue weighted by Crippen LogP contribution is -2.38. The Morgan fingerprint density at radius 1 is 1.56 bits per heavy atom. The molecule has 0 aromatic carbocycles. The monoisotopic (exact) mass is 260 g/mol. The molecule has 1 atom stereocenters. The first-order valence-corrected chi connectivity index (χ1v) is 5.26. The number of alkyl halides is 2. The molecule has 1 rings (SSSR count). The van der Waals surface area contributed by atoms with Crippen molar-refractivity contribution in [3.8, 4) is 0 Å². The highest BCUT2D eigenvalue weighted by molar-refractivity contribution is 5.64. The molecule has 0 radical (unpaired) electrons. The molecular formula is C11H14F2N2O3. The zero-order valence-electron chi connectivity index (χ0n) is 9.73. The van der Waals surface area contributed by atoms with Gasteiger partial charge < -0.3 is 15.5 Å². The Hall–Kier alpha value is -1.76. The van der Waals surface area contributed by atoms with Crippen molar-refractivity contribution in [2.45, 2.75) is 25.3 Å². The van der Waals surface area contributed by atoms with E-state index in [0.717, 1.165) is 6.92 Å². The van der Waals surface area contributed by atoms with Gasteiger partial charge in [0.05, 0.1) is 12.6 Å². The minimum Gasteiger partial charge on any atom is -0.465 e. The number of hydrogen-bond acceptors (Lipinski definition) is 3. The average Bonchev–Trinajstić information content (AvgIpc) is 2.27. The maximum absolute atomic E-state index is 12.9. The van der Waals surface area contributed by atoms with Crippen molar-refractivity contribution < 1.29 is 23.8 Å². The van der Waals surface area contributed by atoms with Gasteiger partial charge in [0.25, 0.3) is 5.92 Å². The maximum Gasteiger partial charge on any atom is 0.404 e. The van der Waals surface area contributed by atoms with Crippen LogP contribution < -0.4 is 5.32 Å². The van der Waals surface area contributed by atoms with E-state index in [1.54, 1.807) is 0 Å². The minimum atomic E-state index is -3.01. The van der Waals surface area contributed by atoms with Gasteiger partial charge in [-0.05, 0) is 18.1 Å². The van der Waals surface area contributed by atoms with E-state index in [9.17, 15) is 13.6 Å². The number of halogens is 2. The summed E-state index contributed by atoms with van der Waals surface area (Å²) in [7, 11) is 0. The fourth-order valence-corrected chi connectivity index (χ4v) is 1.43. The number of carbonyl (C=O) groups is 1. The number of carboxylic acid groups (broad SMARTS) is 1. The molecule has 18 heavy (non-hydrogen) atoms. The Labute approximate surface area is 102 Å². The predicted molar refractivity (Wildman–Crippen MR) is 59.5 cm³/mol. The van der Waals surface area contributed by atoms with Crippen LogP contribution in [0.15, 0.2) is 18.3 Å². The Kier molecular flexibility index (Phi) is 4.55. The van der Waals surface area contributed by atoms with E-state index >= 15 is 0 Å². The summed E-state index contributed by atoms with van der Waals surface area (Å²) in [5.74, 6) is -3.01. The third kappa shape index (κ3) is 4.25. The van der Waals surface area contributed by atoms with Gasteiger partial charge in [-0.3, -0.25) is 4.98 Å². The standard InChI is InChI=1S/C11H14F2N2O3/c1-11(12,13)9-3-2-7(5-14-9)4-8(6-16)15-10(17)18/h2-3,5,8,15-16H,4,6H2,1H3,(H,17,18). The molecule has 0 spiro atoms. The first kappa shape index (κ1) is 14.3. The summed E-state index contributed by atoms with van der Waals surface area (Å²) in [6.45, 7) is 0.371. The lowest BCUT2D eigenvalue weighted by atomic mass is 10.1. The Morgan fingerprint density at radius 3 is 2.61 bits per heavy atom. The van der Waals surface area contributed by atoms with Crippen molar-refractivity contribution in [3.05, 3.63) is 29.6 Å². The van der Waals surface area contributed by atoms with E-state index in [0.29, 0.717) is 5.56 Å². The van der Waals surface area contributed by atoms with Crippen molar-refractivity contribution in [2.75, 3.05) is 6.61 Å². The van der Waals surface area contributed by atoms with E-state index in [4.69, 9.17) is 10.2 Å². The number of aliphatic hydroxyl groups is 1. The van der Waals surface area contributed by atoms with Gasteiger partial charge in [-0.2, -0.15) is 8.78 Å². The minimum absolute atomic E-state index is 0.186. The molecule has 100 valence electrons. The summed E-state index contributed by atoms with van der Waals surface area (Å²) < 4.78 is 25.8. The van der Waals surface area contributed by atoms with Gasteiger partial charge in [-0.15, -0.1) is 0 Å². The molecule has 0 aliphatic heterocycles. The van der Waals surface area contributed by atoms with Crippen LogP contribution in [-0.4, -0.2) is 33.9 Å². The fourth-order valence-electron chi connectivity index (χ4n) is 1.43. The van der Waals surface area contributed by atoms with Gasteiger partial charge in [-0.1, -0.05) is 6.07 Å². The van der Waals surface area contributed by atoms with Crippen molar-refractivity contribution in [1.29, 1.82) is 0 Å². The summed E-state index contributed by atoms with van der Waals surface area (Å²) in [6, 6.07) is 1.94. The van der Waals surface area contributed by atoms with Crippen LogP contribution in [0.1, 0.15) is 18.2 Å². The number of nitrogens with zero attached hydrogens (tertiary/aromatic N) is 1. The van der Waals surface area contributed by atoms with Crippen molar-refractivity contribution in [3.63, 3.8) is 0 Å². The summed E-state index contributed by atoms with van der Waals surface area (Å²) in [5, 5.41) is 19.6. The summed E-state index contributed by atoms with van der Waals surface area (Å²) >= 11 is 0. The van der Waals surface area contributed by atoms with E-state index in [-0.39, 0.29) is 18.7 Å². The third-order valence-corrected chi connectivity index (χ3v) is 2.30. The predicted octanol–water partition coefficient (Wildman–Crippen LogP) is 1.36. The van der Waals surface area contributed by atoms with Crippen LogP contribution >= 0.6 is 0 Å². The molecule has 1 heterocycles. The molecule has 0 saturated heterocycles. The van der Waals surface area contributed by atoms with Gasteiger partial charge in [-0.25, -0.2) is 4.79 Å². The first-order chi connectivity index (χ1) is 8.32. The van der Waals surface area contributed by atoms with Crippen molar-refractivity contribution >= 4 is 6.09 Å². The van der Waals surface area contributed by atoms with E-state index in [2.05, 4.69) is 10.3 Å². The number of nitrogens with one attached hydrogen (secondary N) is 1. The topological polar surface area (TPSA) is 82.5 Å². The number of aromatic nitrogens is 1. The zero-order valence-corrected chi connectivity index (χ0v) is 9.73. The molecule has 0 aliphatic rings. The van der Waals surface area contributed by atoms with Gasteiger partial charge in [0.2, 0.25) is 0 Å². The summed E-state index contributed by atoms with van der Waals surface area (Å²) in [6.07, 6.45) is 0.184. The normalized spacial score (nSPS) is 13.1. The third-order valence-electron chi connectivity index (χ3n) is 2.30. The highest BCUT2D eigenvalue weighted by atomic mass is 19.3. The van der Waals surface area contributed by atoms with Crippen molar-refractivity contribution in [2.24, 2.45) is 0 Å². The average molecular weight is 260 g/mol. The molecule has 3 N–H and O–H groups in total. The quantitative estimate of drug-likeness (QED) is 0.746. The van der Waals surface area contributed by atoms with E-state index < -0.39 is 18.1 Å². The molecule has 1 unspecified atom stereocenters. The molecule has 1 amide bonds. The number of amides is 1. The second-order valence-electron chi connectivity index (χ2n) is 3.97. The Morgan fingerprint density at radius 2 is 2.22 bits per heavy atom. The van der Waals surface area contributed by atoms with E-state index in [1.165, 1.54) is 18.3 Å². The number of pyridine rings is 1. The molecule has 0 saturated carbocycles. The van der Waals surface area contributed by atoms with Gasteiger partial charge in [0.15, 0.2) is 0 Å². The molecule has 1 aromatic rings. The fraction of sp³-hybridized carbons (Fsp3) is 0.455. The van der Waals surface area contributed by atoms with Crippen LogP contribution in [0.3, 0.4) is 0 Å². The van der Waals surface area contributed by atoms with Gasteiger partial charge >= 0.3 is 6.09 Å². The van der Waals surface area contributed by atoms with Crippen LogP contribution in [0.4, 0.5) is 13.6 Å². The Balaban J connectivity index is 2.71. The maximum atomic E-state index is 12.9. The molecule has 1 aromatic heterocycles. The Bertz CT molecular complexity index is 404. The highest BCUT2D eigenvalue weighted by Crippen LogP contribution is 2.24. The smallest absolute Gasteiger partial charge is 0.404 e.